The van der Waals surface area contributed by atoms with Crippen LogP contribution in [0.2, 0.25) is 0 Å². The molecule has 0 fully saturated rings. The van der Waals surface area contributed by atoms with Crippen molar-refractivity contribution < 1.29 is 17.2 Å². The first-order valence-corrected chi connectivity index (χ1v) is 6.47. The zero-order chi connectivity index (χ0) is 13.7. The average Bonchev–Trinajstić information content (AvgIpc) is 2.46. The Morgan fingerprint density at radius 3 is 1.95 bits per heavy atom. The molecule has 2 aromatic carbocycles. The predicted molar refractivity (Wildman–Crippen MR) is 78.5 cm³/mol. The van der Waals surface area contributed by atoms with E-state index in [1.807, 2.05) is 74.8 Å². The third-order valence-corrected chi connectivity index (χ3v) is 3.12. The van der Waals surface area contributed by atoms with Crippen molar-refractivity contribution in [2.45, 2.75) is 5.92 Å². The fourth-order valence-corrected chi connectivity index (χ4v) is 2.19. The minimum Gasteiger partial charge on any atom is -1.00 e. The quantitative estimate of drug-likeness (QED) is 0.734. The molecular formula is C17H19ClNO-. The Balaban J connectivity index is 0.00000200. The molecule has 106 valence electrons. The summed E-state index contributed by atoms with van der Waals surface area (Å²) < 4.78 is 0. The number of carbonyl (C=O) groups is 1. The van der Waals surface area contributed by atoms with E-state index in [9.17, 15) is 4.79 Å². The maximum Gasteiger partial charge on any atom is 0.171 e. The highest BCUT2D eigenvalue weighted by Crippen LogP contribution is 2.21. The Morgan fingerprint density at radius 2 is 1.45 bits per heavy atom. The molecule has 3 heteroatoms. The largest absolute Gasteiger partial charge is 1.00 e. The summed E-state index contributed by atoms with van der Waals surface area (Å²) in [7, 11) is 3.99. The first kappa shape index (κ1) is 16.4. The van der Waals surface area contributed by atoms with Crippen LogP contribution < -0.4 is 12.4 Å². The van der Waals surface area contributed by atoms with E-state index >= 15 is 0 Å². The van der Waals surface area contributed by atoms with Crippen LogP contribution >= 0.6 is 0 Å². The van der Waals surface area contributed by atoms with Gasteiger partial charge >= 0.3 is 0 Å². The number of benzene rings is 2. The van der Waals surface area contributed by atoms with E-state index in [1.54, 1.807) is 0 Å². The molecule has 0 radical (unpaired) electrons. The molecule has 20 heavy (non-hydrogen) atoms. The topological polar surface area (TPSA) is 20.3 Å². The molecule has 0 spiro atoms. The SMILES string of the molecule is CN(C)CC(C(=O)c1ccccc1)c1ccccc1.[Cl-]. The standard InChI is InChI=1S/C17H19NO.ClH/c1-18(2)13-16(14-9-5-3-6-10-14)17(19)15-11-7-4-8-12-15;/h3-12,16H,13H2,1-2H3;1H/p-1. The van der Waals surface area contributed by atoms with Gasteiger partial charge < -0.3 is 17.3 Å². The van der Waals surface area contributed by atoms with Gasteiger partial charge in [0.15, 0.2) is 5.78 Å². The third kappa shape index (κ3) is 4.19. The van der Waals surface area contributed by atoms with Gasteiger partial charge in [-0.15, -0.1) is 0 Å². The molecule has 2 nitrogen and oxygen atoms in total. The first-order chi connectivity index (χ1) is 9.18. The Bertz CT molecular complexity index is 525. The Hall–Kier alpha value is -1.64. The average molecular weight is 289 g/mol. The van der Waals surface area contributed by atoms with Crippen molar-refractivity contribution in [2.75, 3.05) is 20.6 Å². The monoisotopic (exact) mass is 288 g/mol. The number of carbonyl (C=O) groups excluding carboxylic acids is 1. The molecule has 1 atom stereocenters. The summed E-state index contributed by atoms with van der Waals surface area (Å²) in [6.07, 6.45) is 0. The van der Waals surface area contributed by atoms with Gasteiger partial charge in [-0.05, 0) is 19.7 Å². The van der Waals surface area contributed by atoms with Crippen molar-refractivity contribution in [1.82, 2.24) is 4.90 Å². The fraction of sp³-hybridized carbons (Fsp3) is 0.235. The van der Waals surface area contributed by atoms with Crippen LogP contribution in [0.5, 0.6) is 0 Å². The van der Waals surface area contributed by atoms with E-state index < -0.39 is 0 Å². The molecule has 0 N–H and O–H groups in total. The summed E-state index contributed by atoms with van der Waals surface area (Å²) in [5.41, 5.74) is 1.85. The lowest BCUT2D eigenvalue weighted by Gasteiger charge is -2.20. The minimum absolute atomic E-state index is 0. The van der Waals surface area contributed by atoms with Crippen LogP contribution in [-0.2, 0) is 0 Å². The van der Waals surface area contributed by atoms with Gasteiger partial charge in [-0.3, -0.25) is 4.79 Å². The summed E-state index contributed by atoms with van der Waals surface area (Å²) >= 11 is 0. The Kier molecular flexibility index (Phi) is 6.43. The number of nitrogens with zero attached hydrogens (tertiary/aromatic N) is 1. The number of ketones is 1. The molecule has 0 heterocycles. The lowest BCUT2D eigenvalue weighted by Crippen LogP contribution is -3.00. The number of likely N-dealkylation sites (N-methyl/N-ethyl adjacent to an activating group) is 1. The van der Waals surface area contributed by atoms with E-state index in [2.05, 4.69) is 4.90 Å². The molecule has 2 aromatic rings. The zero-order valence-electron chi connectivity index (χ0n) is 11.8. The van der Waals surface area contributed by atoms with Crippen molar-refractivity contribution in [3.8, 4) is 0 Å². The number of Topliss-reactive ketones (excluding diaryl/α,β-unsaturated/α-hetero) is 1. The molecule has 0 aliphatic rings. The highest BCUT2D eigenvalue weighted by molar-refractivity contribution is 6.01. The van der Waals surface area contributed by atoms with Crippen LogP contribution in [0.15, 0.2) is 60.7 Å². The number of halogens is 1. The molecule has 0 aliphatic heterocycles. The van der Waals surface area contributed by atoms with Gasteiger partial charge in [-0.1, -0.05) is 60.7 Å². The lowest BCUT2D eigenvalue weighted by molar-refractivity contribution is -0.0000117. The minimum atomic E-state index is -0.112. The number of hydrogen-bond acceptors (Lipinski definition) is 2. The Labute approximate surface area is 126 Å². The summed E-state index contributed by atoms with van der Waals surface area (Å²) in [5, 5.41) is 0. The molecule has 0 saturated carbocycles. The summed E-state index contributed by atoms with van der Waals surface area (Å²) in [5.74, 6) is 0.0686. The number of rotatable bonds is 5. The second kappa shape index (κ2) is 7.83. The van der Waals surface area contributed by atoms with E-state index in [0.717, 1.165) is 17.7 Å². The van der Waals surface area contributed by atoms with Crippen molar-refractivity contribution in [1.29, 1.82) is 0 Å². The molecule has 0 saturated heterocycles. The molecule has 0 amide bonds. The second-order valence-electron chi connectivity index (χ2n) is 4.96. The van der Waals surface area contributed by atoms with Gasteiger partial charge in [0.2, 0.25) is 0 Å². The fourth-order valence-electron chi connectivity index (χ4n) is 2.19. The van der Waals surface area contributed by atoms with E-state index in [1.165, 1.54) is 0 Å². The maximum absolute atomic E-state index is 12.7. The Morgan fingerprint density at radius 1 is 0.950 bits per heavy atom. The lowest BCUT2D eigenvalue weighted by atomic mass is 9.90. The van der Waals surface area contributed by atoms with E-state index in [-0.39, 0.29) is 24.1 Å². The molecule has 0 aliphatic carbocycles. The van der Waals surface area contributed by atoms with E-state index in [4.69, 9.17) is 0 Å². The smallest absolute Gasteiger partial charge is 0.171 e. The normalized spacial score (nSPS) is 11.8. The molecule has 0 aromatic heterocycles. The first-order valence-electron chi connectivity index (χ1n) is 6.47. The third-order valence-electron chi connectivity index (χ3n) is 3.12. The van der Waals surface area contributed by atoms with E-state index in [0.29, 0.717) is 0 Å². The van der Waals surface area contributed by atoms with Crippen LogP contribution in [0.25, 0.3) is 0 Å². The van der Waals surface area contributed by atoms with Crippen LogP contribution in [0.1, 0.15) is 21.8 Å². The second-order valence-corrected chi connectivity index (χ2v) is 4.96. The van der Waals surface area contributed by atoms with Gasteiger partial charge in [0.1, 0.15) is 0 Å². The summed E-state index contributed by atoms with van der Waals surface area (Å²) in [6.45, 7) is 0.720. The van der Waals surface area contributed by atoms with Gasteiger partial charge in [-0.25, -0.2) is 0 Å². The van der Waals surface area contributed by atoms with Gasteiger partial charge in [0.05, 0.1) is 5.92 Å². The van der Waals surface area contributed by atoms with Crippen LogP contribution in [0.4, 0.5) is 0 Å². The highest BCUT2D eigenvalue weighted by Gasteiger charge is 2.22. The van der Waals surface area contributed by atoms with Crippen molar-refractivity contribution in [3.05, 3.63) is 71.8 Å². The molecule has 0 bridgehead atoms. The van der Waals surface area contributed by atoms with Crippen molar-refractivity contribution in [3.63, 3.8) is 0 Å². The van der Waals surface area contributed by atoms with Crippen molar-refractivity contribution >= 4 is 5.78 Å². The summed E-state index contributed by atoms with van der Waals surface area (Å²) in [6, 6.07) is 19.5. The molecule has 2 rings (SSSR count). The molecule has 1 unspecified atom stereocenters. The van der Waals surface area contributed by atoms with Crippen LogP contribution in [0.3, 0.4) is 0 Å². The van der Waals surface area contributed by atoms with Gasteiger partial charge in [0.25, 0.3) is 0 Å². The van der Waals surface area contributed by atoms with Crippen LogP contribution in [0, 0.1) is 0 Å². The molecular weight excluding hydrogens is 270 g/mol. The maximum atomic E-state index is 12.7. The predicted octanol–water partition coefficient (Wildman–Crippen LogP) is 0.219. The van der Waals surface area contributed by atoms with Gasteiger partial charge in [-0.2, -0.15) is 0 Å². The van der Waals surface area contributed by atoms with Gasteiger partial charge in [0, 0.05) is 12.1 Å². The van der Waals surface area contributed by atoms with Crippen LogP contribution in [-0.4, -0.2) is 31.3 Å². The van der Waals surface area contributed by atoms with Crippen molar-refractivity contribution in [2.24, 2.45) is 0 Å². The summed E-state index contributed by atoms with van der Waals surface area (Å²) in [4.78, 5) is 14.7. The zero-order valence-corrected chi connectivity index (χ0v) is 12.5. The highest BCUT2D eigenvalue weighted by atomic mass is 35.5. The number of hydrogen-bond donors (Lipinski definition) is 0.